The fourth-order valence-electron chi connectivity index (χ4n) is 7.27. The van der Waals surface area contributed by atoms with Gasteiger partial charge in [-0.2, -0.15) is 12.6 Å². The third kappa shape index (κ3) is 24.0. The summed E-state index contributed by atoms with van der Waals surface area (Å²) >= 11 is 4.24. The molecule has 0 unspecified atom stereocenters. The highest BCUT2D eigenvalue weighted by atomic mass is 32.1. The highest BCUT2D eigenvalue weighted by Gasteiger charge is 2.35. The zero-order valence-corrected chi connectivity index (χ0v) is 45.0. The summed E-state index contributed by atoms with van der Waals surface area (Å²) < 4.78 is 0. The number of aromatic nitrogens is 2. The largest absolute Gasteiger partial charge is 0.481 e. The predicted molar refractivity (Wildman–Crippen MR) is 284 cm³/mol. The van der Waals surface area contributed by atoms with E-state index in [4.69, 9.17) is 17.2 Å². The van der Waals surface area contributed by atoms with Crippen LogP contribution in [0.15, 0.2) is 47.8 Å². The number of amides is 9. The van der Waals surface area contributed by atoms with Crippen LogP contribution in [0, 0.1) is 11.8 Å². The Balaban J connectivity index is 2.24. The summed E-state index contributed by atoms with van der Waals surface area (Å²) in [7, 11) is 0. The molecule has 30 heteroatoms. The molecular weight excluding hydrogens is 1040 g/mol. The van der Waals surface area contributed by atoms with Crippen LogP contribution in [0.2, 0.25) is 0 Å². The first-order valence-corrected chi connectivity index (χ1v) is 25.6. The number of nitrogens with one attached hydrogen (secondary N) is 10. The van der Waals surface area contributed by atoms with Crippen molar-refractivity contribution < 1.29 is 68.1 Å². The van der Waals surface area contributed by atoms with Gasteiger partial charge in [0.25, 0.3) is 0 Å². The fourth-order valence-corrected chi connectivity index (χ4v) is 7.53. The molecule has 0 spiro atoms. The van der Waals surface area contributed by atoms with Crippen LogP contribution < -0.4 is 65.1 Å². The Labute approximate surface area is 455 Å². The van der Waals surface area contributed by atoms with Crippen molar-refractivity contribution >= 4 is 83.7 Å². The van der Waals surface area contributed by atoms with E-state index in [9.17, 15) is 68.1 Å². The predicted octanol–water partition coefficient (Wildman–Crippen LogP) is -4.84. The summed E-state index contributed by atoms with van der Waals surface area (Å²) in [6, 6.07) is -4.09. The first-order valence-electron chi connectivity index (χ1n) is 25.0. The first kappa shape index (κ1) is 66.3. The Morgan fingerprint density at radius 2 is 1.24 bits per heavy atom. The van der Waals surface area contributed by atoms with Crippen molar-refractivity contribution in [2.75, 3.05) is 25.4 Å². The molecule has 0 radical (unpaired) electrons. The maximum atomic E-state index is 14.0. The number of H-pyrrole nitrogens is 1. The molecule has 78 heavy (non-hydrogen) atoms. The number of aliphatic hydroxyl groups excluding tert-OH is 1. The van der Waals surface area contributed by atoms with Crippen LogP contribution in [0.5, 0.6) is 0 Å². The zero-order valence-electron chi connectivity index (χ0n) is 44.1. The molecular formula is C48H75N15O14S. The number of aliphatic hydroxyl groups is 1. The van der Waals surface area contributed by atoms with Gasteiger partial charge in [-0.05, 0) is 43.6 Å². The molecule has 2 aromatic rings. The fraction of sp³-hybridized carbons (Fsp3) is 0.562. The minimum absolute atomic E-state index is 0.0273. The molecule has 19 N–H and O–H groups in total. The quantitative estimate of drug-likeness (QED) is 0.0133. The lowest BCUT2D eigenvalue weighted by atomic mass is 9.98. The molecule has 0 fully saturated rings. The zero-order chi connectivity index (χ0) is 58.6. The second-order valence-electron chi connectivity index (χ2n) is 18.7. The van der Waals surface area contributed by atoms with E-state index in [0.29, 0.717) is 17.7 Å². The highest BCUT2D eigenvalue weighted by Crippen LogP contribution is 2.12. The van der Waals surface area contributed by atoms with Gasteiger partial charge in [-0.25, -0.2) is 9.78 Å². The van der Waals surface area contributed by atoms with Crippen molar-refractivity contribution in [2.45, 2.75) is 134 Å². The van der Waals surface area contributed by atoms with E-state index >= 15 is 0 Å². The summed E-state index contributed by atoms with van der Waals surface area (Å²) in [5, 5.41) is 50.6. The number of thiol groups is 1. The minimum atomic E-state index is -1.77. The molecule has 432 valence electrons. The highest BCUT2D eigenvalue weighted by molar-refractivity contribution is 7.80. The van der Waals surface area contributed by atoms with Crippen LogP contribution in [-0.4, -0.2) is 176 Å². The number of hydrogen-bond donors (Lipinski definition) is 17. The molecule has 9 amide bonds. The summed E-state index contributed by atoms with van der Waals surface area (Å²) in [6.45, 7) is 6.60. The maximum absolute atomic E-state index is 14.0. The Bertz CT molecular complexity index is 2380. The second kappa shape index (κ2) is 34.0. The average molecular weight is 1120 g/mol. The van der Waals surface area contributed by atoms with Gasteiger partial charge in [-0.1, -0.05) is 64.4 Å². The monoisotopic (exact) mass is 1120 g/mol. The SMILES string of the molecule is CC[C@H](C)[C@H](NC(=O)[C@H](CC(=O)O)NC(=O)[C@H](Cc1cnc[nH]1)NC(=O)CNC(=O)[C@H](C)NC(=O)[C@H](CC(C)C)NC(=O)[C@H](CCCN=C(N)N)NC(=O)[C@H](CS)NC(=O)[C@H](Cc1ccccc1)NC(=O)[C@@H](N)CO)C(=O)O. The molecule has 1 aromatic carbocycles. The Morgan fingerprint density at radius 3 is 1.79 bits per heavy atom. The number of carboxylic acid groups (broad SMARTS) is 2. The summed E-state index contributed by atoms with van der Waals surface area (Å²) in [4.78, 5) is 155. The lowest BCUT2D eigenvalue weighted by Gasteiger charge is -2.27. The molecule has 1 aromatic heterocycles. The minimum Gasteiger partial charge on any atom is -0.481 e. The number of benzene rings is 1. The van der Waals surface area contributed by atoms with Gasteiger partial charge in [0.2, 0.25) is 53.2 Å². The molecule has 0 aliphatic carbocycles. The van der Waals surface area contributed by atoms with Crippen LogP contribution in [0.1, 0.15) is 78.0 Å². The average Bonchev–Trinajstić information content (AvgIpc) is 3.91. The number of hydrogen-bond acceptors (Lipinski definition) is 16. The molecule has 0 aliphatic rings. The van der Waals surface area contributed by atoms with E-state index in [1.165, 1.54) is 19.4 Å². The van der Waals surface area contributed by atoms with E-state index < -0.39 is 145 Å². The molecule has 0 saturated carbocycles. The van der Waals surface area contributed by atoms with Gasteiger partial charge in [0, 0.05) is 37.0 Å². The molecule has 1 heterocycles. The molecule has 10 atom stereocenters. The van der Waals surface area contributed by atoms with Gasteiger partial charge in [-0.3, -0.25) is 52.9 Å². The molecule has 0 aliphatic heterocycles. The van der Waals surface area contributed by atoms with Crippen LogP contribution in [-0.2, 0) is 65.6 Å². The lowest BCUT2D eigenvalue weighted by molar-refractivity contribution is -0.144. The van der Waals surface area contributed by atoms with Crippen LogP contribution in [0.4, 0.5) is 0 Å². The number of carbonyl (C=O) groups excluding carboxylic acids is 9. The van der Waals surface area contributed by atoms with Crippen LogP contribution in [0.3, 0.4) is 0 Å². The second-order valence-corrected chi connectivity index (χ2v) is 19.1. The standard InChI is InChI=1S/C48H75N15O14S/c1-6-25(4)38(47(76)77)63-45(74)34(18-37(66)67)61-44(73)33(17-28-19-52-23-55-28)57-36(65)20-54-39(68)26(5)56-42(71)31(15-24(2)3)60-41(70)30(13-10-14-53-48(50)51)58-46(75)35(22-78)62-43(72)32(59-40(69)29(49)21-64)16-27-11-8-7-9-12-27/h7-9,11-12,19,23-26,29-35,38,64,78H,6,10,13-18,20-22,49H2,1-5H3,(H,52,55)(H,54,68)(H,56,71)(H,57,65)(H,58,75)(H,59,69)(H,60,70)(H,61,73)(H,62,72)(H,63,74)(H,66,67)(H,76,77)(H4,50,51,53)/t25-,26-,29-,30-,31-,32-,33-,34-,35-,38-/m0/s1. The summed E-state index contributed by atoms with van der Waals surface area (Å²) in [6.07, 6.45) is 1.80. The van der Waals surface area contributed by atoms with Gasteiger partial charge in [0.15, 0.2) is 5.96 Å². The van der Waals surface area contributed by atoms with Crippen LogP contribution in [0.25, 0.3) is 0 Å². The van der Waals surface area contributed by atoms with Gasteiger partial charge in [-0.15, -0.1) is 0 Å². The topological polar surface area (TPSA) is 476 Å². The number of carboxylic acids is 2. The molecule has 2 rings (SSSR count). The number of carbonyl (C=O) groups is 11. The van der Waals surface area contributed by atoms with E-state index in [1.807, 2.05) is 0 Å². The Kier molecular flexibility index (Phi) is 28.9. The number of nitrogens with two attached hydrogens (primary N) is 3. The van der Waals surface area contributed by atoms with Crippen molar-refractivity contribution in [3.8, 4) is 0 Å². The van der Waals surface area contributed by atoms with Crippen molar-refractivity contribution in [1.82, 2.24) is 57.8 Å². The van der Waals surface area contributed by atoms with Crippen molar-refractivity contribution in [3.63, 3.8) is 0 Å². The van der Waals surface area contributed by atoms with Crippen LogP contribution >= 0.6 is 12.6 Å². The smallest absolute Gasteiger partial charge is 0.326 e. The summed E-state index contributed by atoms with van der Waals surface area (Å²) in [5.41, 5.74) is 17.6. The first-order chi connectivity index (χ1) is 36.8. The Hall–Kier alpha value is -7.86. The van der Waals surface area contributed by atoms with Crippen molar-refractivity contribution in [2.24, 2.45) is 34.0 Å². The van der Waals surface area contributed by atoms with Crippen molar-refractivity contribution in [3.05, 3.63) is 54.1 Å². The number of nitrogens with zero attached hydrogens (tertiary/aromatic N) is 2. The van der Waals surface area contributed by atoms with Gasteiger partial charge in [0.1, 0.15) is 54.4 Å². The molecule has 0 saturated heterocycles. The number of rotatable bonds is 35. The number of imidazole rings is 1. The molecule has 29 nitrogen and oxygen atoms in total. The lowest BCUT2D eigenvalue weighted by Crippen LogP contribution is -2.60. The number of aromatic amines is 1. The summed E-state index contributed by atoms with van der Waals surface area (Å²) in [5.74, 6) is -12.4. The van der Waals surface area contributed by atoms with E-state index in [0.717, 1.165) is 0 Å². The number of aliphatic carboxylic acids is 2. The molecule has 0 bridgehead atoms. The van der Waals surface area contributed by atoms with E-state index in [2.05, 4.69) is 75.4 Å². The number of aliphatic imine (C=N–C) groups is 1. The van der Waals surface area contributed by atoms with Gasteiger partial charge >= 0.3 is 11.9 Å². The third-order valence-electron chi connectivity index (χ3n) is 11.8. The van der Waals surface area contributed by atoms with Gasteiger partial charge in [0.05, 0.1) is 25.9 Å². The Morgan fingerprint density at radius 1 is 0.692 bits per heavy atom. The van der Waals surface area contributed by atoms with E-state index in [1.54, 1.807) is 58.0 Å². The van der Waals surface area contributed by atoms with Crippen molar-refractivity contribution in [1.29, 1.82) is 0 Å². The van der Waals surface area contributed by atoms with Gasteiger partial charge < -0.3 is 85.4 Å². The van der Waals surface area contributed by atoms with E-state index in [-0.39, 0.29) is 56.3 Å². The number of guanidine groups is 1. The maximum Gasteiger partial charge on any atom is 0.326 e. The third-order valence-corrected chi connectivity index (χ3v) is 12.1. The normalized spacial score (nSPS) is 14.8.